The van der Waals surface area contributed by atoms with Crippen molar-refractivity contribution in [2.45, 2.75) is 45.6 Å². The van der Waals surface area contributed by atoms with Crippen LogP contribution in [0.15, 0.2) is 18.5 Å². The number of hydrogen-bond acceptors (Lipinski definition) is 2. The number of nitrogens with zero attached hydrogens (tertiary/aromatic N) is 1. The topological polar surface area (TPSA) is 24.9 Å². The maximum atomic E-state index is 5.30. The van der Waals surface area contributed by atoms with Gasteiger partial charge in [0.25, 0.3) is 0 Å². The molecule has 1 N–H and O–H groups in total. The lowest BCUT2D eigenvalue weighted by Crippen LogP contribution is -2.23. The molecule has 17 heavy (non-hydrogen) atoms. The van der Waals surface area contributed by atoms with Crippen LogP contribution < -0.4 is 5.32 Å². The van der Waals surface area contributed by atoms with Crippen molar-refractivity contribution in [1.82, 2.24) is 10.3 Å². The molecule has 0 bridgehead atoms. The Kier molecular flexibility index (Phi) is 6.35. The molecular formula is C15H22N2. The summed E-state index contributed by atoms with van der Waals surface area (Å²) in [6.07, 6.45) is 13.3. The van der Waals surface area contributed by atoms with Crippen molar-refractivity contribution in [2.24, 2.45) is 0 Å². The minimum Gasteiger partial charge on any atom is -0.310 e. The molecule has 0 aliphatic carbocycles. The van der Waals surface area contributed by atoms with Gasteiger partial charge in [0.1, 0.15) is 0 Å². The second kappa shape index (κ2) is 7.86. The summed E-state index contributed by atoms with van der Waals surface area (Å²) in [7, 11) is 0. The van der Waals surface area contributed by atoms with Gasteiger partial charge < -0.3 is 5.32 Å². The minimum absolute atomic E-state index is 0.386. The highest BCUT2D eigenvalue weighted by Crippen LogP contribution is 2.21. The third-order valence-electron chi connectivity index (χ3n) is 2.91. The predicted molar refractivity (Wildman–Crippen MR) is 72.7 cm³/mol. The van der Waals surface area contributed by atoms with E-state index in [1.54, 1.807) is 0 Å². The highest BCUT2D eigenvalue weighted by molar-refractivity contribution is 5.25. The molecule has 0 saturated heterocycles. The lowest BCUT2D eigenvalue weighted by molar-refractivity contribution is 0.484. The molecule has 1 aromatic rings. The van der Waals surface area contributed by atoms with Gasteiger partial charge in [0.15, 0.2) is 0 Å². The number of nitrogens with one attached hydrogen (secondary N) is 1. The molecule has 2 heteroatoms. The molecule has 0 aliphatic rings. The number of pyridine rings is 1. The van der Waals surface area contributed by atoms with Gasteiger partial charge in [-0.2, -0.15) is 0 Å². The number of aryl methyl sites for hydroxylation is 1. The minimum atomic E-state index is 0.386. The van der Waals surface area contributed by atoms with Gasteiger partial charge in [-0.1, -0.05) is 6.92 Å². The second-order valence-corrected chi connectivity index (χ2v) is 4.34. The van der Waals surface area contributed by atoms with Crippen LogP contribution in [0.3, 0.4) is 0 Å². The van der Waals surface area contributed by atoms with Crippen LogP contribution >= 0.6 is 0 Å². The van der Waals surface area contributed by atoms with E-state index in [2.05, 4.69) is 36.1 Å². The summed E-state index contributed by atoms with van der Waals surface area (Å²) >= 11 is 0. The van der Waals surface area contributed by atoms with Gasteiger partial charge in [-0.15, -0.1) is 12.3 Å². The maximum absolute atomic E-state index is 5.30. The first-order valence-electron chi connectivity index (χ1n) is 6.37. The summed E-state index contributed by atoms with van der Waals surface area (Å²) in [5, 5.41) is 3.58. The lowest BCUT2D eigenvalue weighted by Gasteiger charge is -2.20. The fourth-order valence-electron chi connectivity index (χ4n) is 1.94. The smallest absolute Gasteiger partial charge is 0.0338 e. The van der Waals surface area contributed by atoms with E-state index >= 15 is 0 Å². The Labute approximate surface area is 105 Å². The average molecular weight is 230 g/mol. The largest absolute Gasteiger partial charge is 0.310 e. The summed E-state index contributed by atoms with van der Waals surface area (Å²) in [5.41, 5.74) is 2.60. The molecule has 1 rings (SSSR count). The van der Waals surface area contributed by atoms with Crippen LogP contribution in [0.25, 0.3) is 0 Å². The normalized spacial score (nSPS) is 12.1. The second-order valence-electron chi connectivity index (χ2n) is 4.34. The van der Waals surface area contributed by atoms with Gasteiger partial charge in [-0.05, 0) is 49.9 Å². The van der Waals surface area contributed by atoms with Gasteiger partial charge in [-0.25, -0.2) is 0 Å². The predicted octanol–water partition coefficient (Wildman–Crippen LogP) is 3.23. The monoisotopic (exact) mass is 230 g/mol. The zero-order valence-corrected chi connectivity index (χ0v) is 10.9. The van der Waals surface area contributed by atoms with Gasteiger partial charge in [0.05, 0.1) is 0 Å². The van der Waals surface area contributed by atoms with Crippen LogP contribution in [-0.2, 0) is 0 Å². The summed E-state index contributed by atoms with van der Waals surface area (Å²) in [4.78, 5) is 4.22. The summed E-state index contributed by atoms with van der Waals surface area (Å²) in [5.74, 6) is 2.70. The molecule has 1 heterocycles. The molecule has 1 aromatic heterocycles. The third-order valence-corrected chi connectivity index (χ3v) is 2.91. The van der Waals surface area contributed by atoms with Gasteiger partial charge in [0.2, 0.25) is 0 Å². The Morgan fingerprint density at radius 3 is 3.00 bits per heavy atom. The molecule has 1 unspecified atom stereocenters. The first kappa shape index (κ1) is 13.7. The Bertz CT molecular complexity index is 365. The van der Waals surface area contributed by atoms with E-state index in [1.807, 2.05) is 12.4 Å². The SMILES string of the molecule is C#CCCCC(NCCC)c1cnccc1C. The van der Waals surface area contributed by atoms with Crippen LogP contribution in [0.4, 0.5) is 0 Å². The molecule has 0 fully saturated rings. The van der Waals surface area contributed by atoms with Crippen molar-refractivity contribution in [3.05, 3.63) is 29.6 Å². The number of unbranched alkanes of at least 4 members (excludes halogenated alkanes) is 1. The molecule has 1 atom stereocenters. The third kappa shape index (κ3) is 4.58. The first-order chi connectivity index (χ1) is 8.29. The summed E-state index contributed by atoms with van der Waals surface area (Å²) in [6, 6.07) is 2.45. The number of hydrogen-bond donors (Lipinski definition) is 1. The summed E-state index contributed by atoms with van der Waals surface area (Å²) in [6.45, 7) is 5.36. The maximum Gasteiger partial charge on any atom is 0.0338 e. The zero-order valence-electron chi connectivity index (χ0n) is 10.9. The van der Waals surface area contributed by atoms with Crippen molar-refractivity contribution >= 4 is 0 Å². The van der Waals surface area contributed by atoms with Crippen LogP contribution in [-0.4, -0.2) is 11.5 Å². The van der Waals surface area contributed by atoms with E-state index in [0.717, 1.165) is 32.2 Å². The Morgan fingerprint density at radius 1 is 1.53 bits per heavy atom. The number of rotatable bonds is 7. The fraction of sp³-hybridized carbons (Fsp3) is 0.533. The molecule has 0 spiro atoms. The molecular weight excluding hydrogens is 208 g/mol. The van der Waals surface area contributed by atoms with E-state index in [4.69, 9.17) is 6.42 Å². The molecule has 92 valence electrons. The number of terminal acetylenes is 1. The van der Waals surface area contributed by atoms with E-state index in [1.165, 1.54) is 11.1 Å². The highest BCUT2D eigenvalue weighted by Gasteiger charge is 2.12. The van der Waals surface area contributed by atoms with Crippen molar-refractivity contribution in [2.75, 3.05) is 6.54 Å². The van der Waals surface area contributed by atoms with Crippen molar-refractivity contribution in [1.29, 1.82) is 0 Å². The highest BCUT2D eigenvalue weighted by atomic mass is 14.9. The van der Waals surface area contributed by atoms with Crippen LogP contribution in [0.2, 0.25) is 0 Å². The molecule has 0 radical (unpaired) electrons. The van der Waals surface area contributed by atoms with E-state index < -0.39 is 0 Å². The van der Waals surface area contributed by atoms with Crippen LogP contribution in [0.5, 0.6) is 0 Å². The molecule has 2 nitrogen and oxygen atoms in total. The average Bonchev–Trinajstić information content (AvgIpc) is 2.35. The Balaban J connectivity index is 2.68. The summed E-state index contributed by atoms with van der Waals surface area (Å²) < 4.78 is 0. The Hall–Kier alpha value is -1.33. The zero-order chi connectivity index (χ0) is 12.5. The molecule has 0 saturated carbocycles. The molecule has 0 aliphatic heterocycles. The standard InChI is InChI=1S/C15H22N2/c1-4-6-7-8-15(17-10-5-2)14-12-16-11-9-13(14)3/h1,9,11-12,15,17H,5-8,10H2,2-3H3. The van der Waals surface area contributed by atoms with Crippen molar-refractivity contribution in [3.63, 3.8) is 0 Å². The van der Waals surface area contributed by atoms with E-state index in [0.29, 0.717) is 6.04 Å². The Morgan fingerprint density at radius 2 is 2.35 bits per heavy atom. The van der Waals surface area contributed by atoms with Crippen molar-refractivity contribution in [3.8, 4) is 12.3 Å². The number of aromatic nitrogens is 1. The van der Waals surface area contributed by atoms with Gasteiger partial charge in [0, 0.05) is 24.9 Å². The molecule has 0 aromatic carbocycles. The quantitative estimate of drug-likeness (QED) is 0.574. The molecule has 0 amide bonds. The van der Waals surface area contributed by atoms with Gasteiger partial charge >= 0.3 is 0 Å². The van der Waals surface area contributed by atoms with Crippen LogP contribution in [0, 0.1) is 19.3 Å². The lowest BCUT2D eigenvalue weighted by atomic mass is 9.99. The van der Waals surface area contributed by atoms with Crippen molar-refractivity contribution < 1.29 is 0 Å². The first-order valence-corrected chi connectivity index (χ1v) is 6.37. The van der Waals surface area contributed by atoms with E-state index in [-0.39, 0.29) is 0 Å². The fourth-order valence-corrected chi connectivity index (χ4v) is 1.94. The van der Waals surface area contributed by atoms with E-state index in [9.17, 15) is 0 Å². The van der Waals surface area contributed by atoms with Gasteiger partial charge in [-0.3, -0.25) is 4.98 Å². The van der Waals surface area contributed by atoms with Crippen LogP contribution in [0.1, 0.15) is 49.8 Å².